The summed E-state index contributed by atoms with van der Waals surface area (Å²) in [4.78, 5) is 11.3. The van der Waals surface area contributed by atoms with E-state index in [0.29, 0.717) is 13.2 Å². The average molecular weight is 200 g/mol. The van der Waals surface area contributed by atoms with E-state index in [1.807, 2.05) is 0 Å². The van der Waals surface area contributed by atoms with Crippen molar-refractivity contribution in [1.82, 2.24) is 10.6 Å². The van der Waals surface area contributed by atoms with Crippen LogP contribution in [0.4, 0.5) is 4.79 Å². The number of amidine groups is 1. The van der Waals surface area contributed by atoms with Crippen LogP contribution in [-0.4, -0.2) is 37.2 Å². The van der Waals surface area contributed by atoms with Gasteiger partial charge in [0.25, 0.3) is 0 Å². The van der Waals surface area contributed by atoms with E-state index >= 15 is 0 Å². The zero-order chi connectivity index (χ0) is 10.6. The number of rotatable bonds is 3. The summed E-state index contributed by atoms with van der Waals surface area (Å²) in [5.74, 6) is -0.0529. The van der Waals surface area contributed by atoms with Gasteiger partial charge in [0.2, 0.25) is 0 Å². The second-order valence-corrected chi connectivity index (χ2v) is 3.36. The van der Waals surface area contributed by atoms with E-state index in [2.05, 4.69) is 10.6 Å². The van der Waals surface area contributed by atoms with Gasteiger partial charge in [0.05, 0.1) is 18.7 Å². The van der Waals surface area contributed by atoms with Crippen molar-refractivity contribution >= 4 is 11.9 Å². The highest BCUT2D eigenvalue weighted by Gasteiger charge is 2.18. The Bertz CT molecular complexity index is 225. The molecule has 0 aromatic carbocycles. The molecule has 2 amide bonds. The summed E-state index contributed by atoms with van der Waals surface area (Å²) in [7, 11) is 0. The van der Waals surface area contributed by atoms with Crippen LogP contribution in [0.3, 0.4) is 0 Å². The van der Waals surface area contributed by atoms with Crippen LogP contribution in [0.1, 0.15) is 13.3 Å². The first-order valence-corrected chi connectivity index (χ1v) is 4.58. The first kappa shape index (κ1) is 10.8. The van der Waals surface area contributed by atoms with E-state index in [0.717, 1.165) is 6.42 Å². The van der Waals surface area contributed by atoms with Crippen molar-refractivity contribution in [3.63, 3.8) is 0 Å². The lowest BCUT2D eigenvalue weighted by atomic mass is 10.2. The number of nitrogens with two attached hydrogens (primary N) is 1. The van der Waals surface area contributed by atoms with Crippen LogP contribution in [0.15, 0.2) is 0 Å². The van der Waals surface area contributed by atoms with Crippen molar-refractivity contribution in [2.75, 3.05) is 13.2 Å². The van der Waals surface area contributed by atoms with Gasteiger partial charge in [-0.2, -0.15) is 0 Å². The Balaban J connectivity index is 2.24. The molecule has 1 aliphatic heterocycles. The van der Waals surface area contributed by atoms with Gasteiger partial charge in [-0.3, -0.25) is 5.41 Å². The van der Waals surface area contributed by atoms with E-state index in [-0.39, 0.29) is 17.9 Å². The molecule has 80 valence electrons. The van der Waals surface area contributed by atoms with Gasteiger partial charge in [0, 0.05) is 6.61 Å². The molecular weight excluding hydrogens is 184 g/mol. The lowest BCUT2D eigenvalue weighted by Gasteiger charge is -2.15. The molecule has 1 heterocycles. The molecule has 0 aliphatic carbocycles. The van der Waals surface area contributed by atoms with Crippen molar-refractivity contribution < 1.29 is 9.53 Å². The topological polar surface area (TPSA) is 100 Å². The van der Waals surface area contributed by atoms with E-state index in [4.69, 9.17) is 15.9 Å². The fourth-order valence-electron chi connectivity index (χ4n) is 1.15. The van der Waals surface area contributed by atoms with Gasteiger partial charge in [0.15, 0.2) is 0 Å². The molecule has 0 bridgehead atoms. The summed E-state index contributed by atoms with van der Waals surface area (Å²) in [6.45, 7) is 2.90. The summed E-state index contributed by atoms with van der Waals surface area (Å²) >= 11 is 0. The third-order valence-electron chi connectivity index (χ3n) is 2.08. The Kier molecular flexibility index (Phi) is 3.70. The molecule has 2 unspecified atom stereocenters. The Morgan fingerprint density at radius 2 is 2.43 bits per heavy atom. The number of hydrogen-bond donors (Lipinski definition) is 4. The Labute approximate surface area is 82.7 Å². The molecule has 1 saturated heterocycles. The number of amides is 2. The van der Waals surface area contributed by atoms with Crippen LogP contribution in [0, 0.1) is 5.41 Å². The third-order valence-corrected chi connectivity index (χ3v) is 2.08. The number of hydrogen-bond acceptors (Lipinski definition) is 3. The minimum atomic E-state index is -0.433. The van der Waals surface area contributed by atoms with Gasteiger partial charge in [-0.25, -0.2) is 4.79 Å². The first-order chi connectivity index (χ1) is 6.59. The SMILES string of the molecule is CC(NC(=O)NC1CCOC1)C(=N)N. The number of carbonyl (C=O) groups excluding carboxylic acids is 1. The van der Waals surface area contributed by atoms with Crippen LogP contribution in [0.5, 0.6) is 0 Å². The second-order valence-electron chi connectivity index (χ2n) is 3.36. The smallest absolute Gasteiger partial charge is 0.315 e. The van der Waals surface area contributed by atoms with Crippen molar-refractivity contribution in [3.05, 3.63) is 0 Å². The van der Waals surface area contributed by atoms with E-state index in [9.17, 15) is 4.79 Å². The third kappa shape index (κ3) is 3.21. The van der Waals surface area contributed by atoms with Crippen molar-refractivity contribution in [1.29, 1.82) is 5.41 Å². The number of urea groups is 1. The molecule has 0 aromatic heterocycles. The fraction of sp³-hybridized carbons (Fsp3) is 0.750. The fourth-order valence-corrected chi connectivity index (χ4v) is 1.15. The molecule has 0 radical (unpaired) electrons. The van der Waals surface area contributed by atoms with Gasteiger partial charge in [-0.05, 0) is 13.3 Å². The summed E-state index contributed by atoms with van der Waals surface area (Å²) in [6, 6.07) is -0.658. The minimum absolute atomic E-state index is 0.0529. The molecule has 0 aromatic rings. The van der Waals surface area contributed by atoms with Gasteiger partial charge >= 0.3 is 6.03 Å². The zero-order valence-electron chi connectivity index (χ0n) is 8.17. The van der Waals surface area contributed by atoms with Crippen LogP contribution in [0.2, 0.25) is 0 Å². The molecule has 1 fully saturated rings. The molecule has 6 heteroatoms. The van der Waals surface area contributed by atoms with Gasteiger partial charge < -0.3 is 21.1 Å². The van der Waals surface area contributed by atoms with Gasteiger partial charge in [0.1, 0.15) is 5.84 Å². The average Bonchev–Trinajstić information content (AvgIpc) is 2.56. The highest BCUT2D eigenvalue weighted by atomic mass is 16.5. The number of nitrogens with one attached hydrogen (secondary N) is 3. The summed E-state index contributed by atoms with van der Waals surface area (Å²) in [6.07, 6.45) is 0.835. The summed E-state index contributed by atoms with van der Waals surface area (Å²) in [5, 5.41) is 12.4. The zero-order valence-corrected chi connectivity index (χ0v) is 8.17. The summed E-state index contributed by atoms with van der Waals surface area (Å²) < 4.78 is 5.10. The quantitative estimate of drug-likeness (QED) is 0.361. The highest BCUT2D eigenvalue weighted by Crippen LogP contribution is 2.02. The normalized spacial score (nSPS) is 22.8. The van der Waals surface area contributed by atoms with E-state index < -0.39 is 6.04 Å². The van der Waals surface area contributed by atoms with Gasteiger partial charge in [-0.1, -0.05) is 0 Å². The van der Waals surface area contributed by atoms with E-state index in [1.54, 1.807) is 6.92 Å². The predicted molar refractivity (Wildman–Crippen MR) is 52.3 cm³/mol. The predicted octanol–water partition coefficient (Wildman–Crippen LogP) is -0.601. The Morgan fingerprint density at radius 3 is 2.93 bits per heavy atom. The molecule has 1 rings (SSSR count). The molecule has 6 nitrogen and oxygen atoms in total. The molecule has 2 atom stereocenters. The van der Waals surface area contributed by atoms with Crippen LogP contribution in [-0.2, 0) is 4.74 Å². The van der Waals surface area contributed by atoms with Gasteiger partial charge in [-0.15, -0.1) is 0 Å². The Hall–Kier alpha value is -1.30. The van der Waals surface area contributed by atoms with Crippen LogP contribution < -0.4 is 16.4 Å². The molecule has 0 saturated carbocycles. The minimum Gasteiger partial charge on any atom is -0.386 e. The maximum absolute atomic E-state index is 11.3. The van der Waals surface area contributed by atoms with Crippen molar-refractivity contribution in [3.8, 4) is 0 Å². The number of carbonyl (C=O) groups is 1. The van der Waals surface area contributed by atoms with Crippen LogP contribution in [0.25, 0.3) is 0 Å². The second kappa shape index (κ2) is 4.80. The van der Waals surface area contributed by atoms with Crippen molar-refractivity contribution in [2.24, 2.45) is 5.73 Å². The lowest BCUT2D eigenvalue weighted by molar-refractivity contribution is 0.188. The molecule has 0 spiro atoms. The number of ether oxygens (including phenoxy) is 1. The maximum Gasteiger partial charge on any atom is 0.315 e. The highest BCUT2D eigenvalue weighted by molar-refractivity contribution is 5.87. The summed E-state index contributed by atoms with van der Waals surface area (Å²) in [5.41, 5.74) is 5.21. The first-order valence-electron chi connectivity index (χ1n) is 4.58. The van der Waals surface area contributed by atoms with Crippen LogP contribution >= 0.6 is 0 Å². The Morgan fingerprint density at radius 1 is 1.71 bits per heavy atom. The maximum atomic E-state index is 11.3. The van der Waals surface area contributed by atoms with Crippen molar-refractivity contribution in [2.45, 2.75) is 25.4 Å². The molecular formula is C8H16N4O2. The monoisotopic (exact) mass is 200 g/mol. The van der Waals surface area contributed by atoms with E-state index in [1.165, 1.54) is 0 Å². The molecule has 1 aliphatic rings. The lowest BCUT2D eigenvalue weighted by Crippen LogP contribution is -2.49. The molecule has 14 heavy (non-hydrogen) atoms. The molecule has 5 N–H and O–H groups in total. The largest absolute Gasteiger partial charge is 0.386 e. The standard InChI is InChI=1S/C8H16N4O2/c1-5(7(9)10)11-8(13)12-6-2-3-14-4-6/h5-6H,2-4H2,1H3,(H3,9,10)(H2,11,12,13).